The molecule has 0 aliphatic heterocycles. The van der Waals surface area contributed by atoms with Gasteiger partial charge in [0.1, 0.15) is 0 Å². The molecule has 0 fully saturated rings. The molecule has 0 aliphatic carbocycles. The van der Waals surface area contributed by atoms with Crippen LogP contribution >= 0.6 is 0 Å². The Bertz CT molecular complexity index is 449. The molecule has 0 saturated heterocycles. The quantitative estimate of drug-likeness (QED) is 0.369. The van der Waals surface area contributed by atoms with Crippen molar-refractivity contribution in [3.63, 3.8) is 0 Å². The van der Waals surface area contributed by atoms with Crippen molar-refractivity contribution in [3.8, 4) is 0 Å². The Labute approximate surface area is 154 Å². The van der Waals surface area contributed by atoms with Crippen molar-refractivity contribution in [2.45, 2.75) is 79.1 Å². The first-order valence-corrected chi connectivity index (χ1v) is 9.22. The molecule has 2 aromatic rings. The molecule has 0 heterocycles. The first-order chi connectivity index (χ1) is 10.7. The third kappa shape index (κ3) is 8.58. The van der Waals surface area contributed by atoms with Crippen LogP contribution in [0.2, 0.25) is 0 Å². The van der Waals surface area contributed by atoms with E-state index in [4.69, 9.17) is 0 Å². The van der Waals surface area contributed by atoms with E-state index in [1.54, 1.807) is 11.1 Å². The van der Waals surface area contributed by atoms with Crippen molar-refractivity contribution in [2.24, 2.45) is 0 Å². The molecule has 1 heteroatoms. The Hall–Kier alpha value is -0.781. The van der Waals surface area contributed by atoms with Crippen molar-refractivity contribution in [1.29, 1.82) is 0 Å². The zero-order valence-corrected chi connectivity index (χ0v) is 16.6. The molecule has 0 aliphatic rings. The van der Waals surface area contributed by atoms with Crippen LogP contribution in [0.4, 0.5) is 0 Å². The van der Waals surface area contributed by atoms with E-state index in [1.165, 1.54) is 62.5 Å². The molecular formula is C22H34Fe-6. The molecular weight excluding hydrogens is 320 g/mol. The van der Waals surface area contributed by atoms with Crippen LogP contribution in [-0.2, 0) is 42.8 Å². The minimum Gasteiger partial charge on any atom is -0.747 e. The third-order valence-electron chi connectivity index (χ3n) is 4.01. The Kier molecular flexibility index (Phi) is 13.2. The van der Waals surface area contributed by atoms with Crippen LogP contribution in [0.5, 0.6) is 0 Å². The second kappa shape index (κ2) is 13.6. The summed E-state index contributed by atoms with van der Waals surface area (Å²) in [7, 11) is 0. The van der Waals surface area contributed by atoms with Gasteiger partial charge in [0.15, 0.2) is 0 Å². The molecule has 0 aromatic heterocycles. The number of rotatable bonds is 8. The molecule has 23 heavy (non-hydrogen) atoms. The zero-order chi connectivity index (χ0) is 16.2. The molecule has 0 saturated carbocycles. The van der Waals surface area contributed by atoms with Crippen LogP contribution in [0.1, 0.15) is 75.6 Å². The van der Waals surface area contributed by atoms with E-state index in [1.807, 2.05) is 0 Å². The average molecular weight is 354 g/mol. The van der Waals surface area contributed by atoms with Gasteiger partial charge in [0.2, 0.25) is 0 Å². The molecule has 0 nitrogen and oxygen atoms in total. The van der Waals surface area contributed by atoms with Gasteiger partial charge in [0.25, 0.3) is 0 Å². The molecule has 0 unspecified atom stereocenters. The van der Waals surface area contributed by atoms with E-state index in [0.717, 1.165) is 0 Å². The summed E-state index contributed by atoms with van der Waals surface area (Å²) in [6.45, 7) is 8.93. The van der Waals surface area contributed by atoms with E-state index in [9.17, 15) is 0 Å². The molecule has 0 spiro atoms. The Morgan fingerprint density at radius 3 is 1.87 bits per heavy atom. The SMILES string of the molecule is CCC[c-]1[cH-][cH-][cH-][c-]1CCC.CCCc1cc[c-](CCC)c1.[Fe]. The maximum atomic E-state index is 2.34. The minimum atomic E-state index is 0. The van der Waals surface area contributed by atoms with E-state index < -0.39 is 0 Å². The Morgan fingerprint density at radius 2 is 1.39 bits per heavy atom. The first kappa shape index (κ1) is 22.2. The smallest absolute Gasteiger partial charge is 0 e. The fourth-order valence-electron chi connectivity index (χ4n) is 2.96. The molecule has 0 radical (unpaired) electrons. The van der Waals surface area contributed by atoms with Crippen LogP contribution in [-0.4, -0.2) is 0 Å². The van der Waals surface area contributed by atoms with Crippen LogP contribution < -0.4 is 0 Å². The summed E-state index contributed by atoms with van der Waals surface area (Å²) in [5.74, 6) is 0. The zero-order valence-electron chi connectivity index (χ0n) is 15.5. The maximum Gasteiger partial charge on any atom is 0 e. The van der Waals surface area contributed by atoms with Crippen molar-refractivity contribution in [2.75, 3.05) is 0 Å². The van der Waals surface area contributed by atoms with Gasteiger partial charge < -0.3 is 29.3 Å². The van der Waals surface area contributed by atoms with Crippen LogP contribution in [0.25, 0.3) is 0 Å². The van der Waals surface area contributed by atoms with Crippen molar-refractivity contribution < 1.29 is 17.1 Å². The summed E-state index contributed by atoms with van der Waals surface area (Å²) >= 11 is 0. The summed E-state index contributed by atoms with van der Waals surface area (Å²) in [5.41, 5.74) is 6.15. The summed E-state index contributed by atoms with van der Waals surface area (Å²) in [6.07, 6.45) is 10.0. The summed E-state index contributed by atoms with van der Waals surface area (Å²) in [6, 6.07) is 13.6. The summed E-state index contributed by atoms with van der Waals surface area (Å²) < 4.78 is 0. The maximum absolute atomic E-state index is 2.34. The van der Waals surface area contributed by atoms with Gasteiger partial charge in [-0.15, -0.1) is 0 Å². The van der Waals surface area contributed by atoms with Gasteiger partial charge in [-0.2, -0.15) is 23.3 Å². The largest absolute Gasteiger partial charge is 0.747 e. The van der Waals surface area contributed by atoms with E-state index in [2.05, 4.69) is 64.1 Å². The number of hydrogen-bond donors (Lipinski definition) is 0. The Balaban J connectivity index is 0.000000403. The summed E-state index contributed by atoms with van der Waals surface area (Å²) in [5, 5.41) is 0. The monoisotopic (exact) mass is 354 g/mol. The fraction of sp³-hybridized carbons (Fsp3) is 0.545. The number of aryl methyl sites for hydroxylation is 4. The molecule has 2 rings (SSSR count). The van der Waals surface area contributed by atoms with Crippen LogP contribution in [0.3, 0.4) is 0 Å². The summed E-state index contributed by atoms with van der Waals surface area (Å²) in [4.78, 5) is 0. The van der Waals surface area contributed by atoms with Gasteiger partial charge in [-0.25, -0.2) is 18.9 Å². The normalized spacial score (nSPS) is 9.91. The molecule has 0 atom stereocenters. The van der Waals surface area contributed by atoms with Crippen molar-refractivity contribution >= 4 is 0 Å². The topological polar surface area (TPSA) is 0 Å². The predicted molar refractivity (Wildman–Crippen MR) is 100 cm³/mol. The van der Waals surface area contributed by atoms with Crippen LogP contribution in [0, 0.1) is 0 Å². The van der Waals surface area contributed by atoms with Gasteiger partial charge >= 0.3 is 0 Å². The van der Waals surface area contributed by atoms with Gasteiger partial charge in [-0.1, -0.05) is 66.2 Å². The van der Waals surface area contributed by atoms with E-state index in [-0.39, 0.29) is 17.1 Å². The Morgan fingerprint density at radius 1 is 0.826 bits per heavy atom. The fourth-order valence-corrected chi connectivity index (χ4v) is 2.96. The number of hydrogen-bond acceptors (Lipinski definition) is 0. The molecule has 2 aromatic carbocycles. The van der Waals surface area contributed by atoms with Gasteiger partial charge in [-0.05, 0) is 0 Å². The van der Waals surface area contributed by atoms with Crippen molar-refractivity contribution in [1.82, 2.24) is 0 Å². The first-order valence-electron chi connectivity index (χ1n) is 9.22. The second-order valence-electron chi connectivity index (χ2n) is 6.20. The predicted octanol–water partition coefficient (Wildman–Crippen LogP) is 6.62. The molecule has 0 bridgehead atoms. The second-order valence-corrected chi connectivity index (χ2v) is 6.20. The average Bonchev–Trinajstić information content (AvgIpc) is 3.12. The minimum absolute atomic E-state index is 0. The van der Waals surface area contributed by atoms with Crippen molar-refractivity contribution in [3.05, 3.63) is 58.7 Å². The molecule has 136 valence electrons. The van der Waals surface area contributed by atoms with E-state index in [0.29, 0.717) is 0 Å². The van der Waals surface area contributed by atoms with Gasteiger partial charge in [0.05, 0.1) is 0 Å². The van der Waals surface area contributed by atoms with Gasteiger partial charge in [0, 0.05) is 17.1 Å². The van der Waals surface area contributed by atoms with E-state index >= 15 is 0 Å². The molecule has 0 amide bonds. The third-order valence-corrected chi connectivity index (χ3v) is 4.01. The molecule has 0 N–H and O–H groups in total. The standard InChI is InChI=1S/2C11H17.Fe/c1-3-6-10-8-5-9-11(10)7-4-2;1-3-5-10-7-8-11(9-10)6-4-2;/h5,8-9H,3-4,6-7H2,1-2H3;7-9H,3-6H2,1-2H3;/q-5;-1;. The van der Waals surface area contributed by atoms with Crippen LogP contribution in [0.15, 0.2) is 36.4 Å². The van der Waals surface area contributed by atoms with Gasteiger partial charge in [-0.3, -0.25) is 0 Å².